The van der Waals surface area contributed by atoms with Gasteiger partial charge in [0, 0.05) is 30.5 Å². The van der Waals surface area contributed by atoms with Gasteiger partial charge >= 0.3 is 0 Å². The summed E-state index contributed by atoms with van der Waals surface area (Å²) < 4.78 is 0. The number of fused-ring (bicyclic) bond motifs is 1. The van der Waals surface area contributed by atoms with Gasteiger partial charge in [0.25, 0.3) is 0 Å². The number of hydrogen-bond donors (Lipinski definition) is 4. The highest BCUT2D eigenvalue weighted by atomic mass is 33.1. The van der Waals surface area contributed by atoms with E-state index in [1.807, 2.05) is 25.7 Å². The molecule has 2 aliphatic rings. The highest BCUT2D eigenvalue weighted by Gasteiger charge is 2.42. The van der Waals surface area contributed by atoms with Gasteiger partial charge in [-0.25, -0.2) is 0 Å². The van der Waals surface area contributed by atoms with E-state index >= 15 is 0 Å². The number of Topliss-reactive ketones (excluding diaryl/α,β-unsaturated/α-hetero) is 3. The van der Waals surface area contributed by atoms with Crippen molar-refractivity contribution in [3.05, 3.63) is 0 Å². The third-order valence-electron chi connectivity index (χ3n) is 5.64. The van der Waals surface area contributed by atoms with Crippen LogP contribution in [0.2, 0.25) is 0 Å². The molecule has 5 N–H and O–H groups in total. The molecule has 0 aromatic carbocycles. The Balaban J connectivity index is 2.19. The summed E-state index contributed by atoms with van der Waals surface area (Å²) in [5, 5.41) is 13.3. The molecule has 0 radical (unpaired) electrons. The van der Waals surface area contributed by atoms with E-state index < -0.39 is 12.1 Å². The minimum Gasteiger partial charge on any atom is -0.370 e. The molecule has 2 rings (SSSR count). The average Bonchev–Trinajstić information content (AvgIpc) is 3.16. The minimum absolute atomic E-state index is 0.0592. The highest BCUT2D eigenvalue weighted by Crippen LogP contribution is 2.30. The van der Waals surface area contributed by atoms with Crippen LogP contribution < -0.4 is 16.4 Å². The molecule has 0 saturated carbocycles. The van der Waals surface area contributed by atoms with E-state index in [-0.39, 0.29) is 41.3 Å². The molecule has 31 heavy (non-hydrogen) atoms. The van der Waals surface area contributed by atoms with Crippen molar-refractivity contribution in [3.8, 4) is 0 Å². The Labute approximate surface area is 193 Å². The van der Waals surface area contributed by atoms with Gasteiger partial charge in [-0.2, -0.15) is 0 Å². The van der Waals surface area contributed by atoms with Gasteiger partial charge in [-0.15, -0.1) is 0 Å². The van der Waals surface area contributed by atoms with Crippen LogP contribution in [0.1, 0.15) is 52.9 Å². The number of nitrogens with zero attached hydrogens (tertiary/aromatic N) is 1. The molecular formula is C21H37N5O3S2. The summed E-state index contributed by atoms with van der Waals surface area (Å²) in [5.74, 6) is 0.994. The standard InChI is InChI=1S/C21H37N5O3S2/c1-13(2)10-18(27)17-12-31-30-11-14(3)25-15(6-4-8-24-21(22)23)19(28)20(29)16-7-5-9-26(16)17/h13-17,25H,4-12H2,1-3H3,(H4,22,23,24)/t14?,15-,16+,17?/m0/s1. The van der Waals surface area contributed by atoms with Gasteiger partial charge in [-0.05, 0) is 45.1 Å². The van der Waals surface area contributed by atoms with E-state index in [2.05, 4.69) is 10.6 Å². The van der Waals surface area contributed by atoms with Gasteiger partial charge in [-0.3, -0.25) is 24.7 Å². The monoisotopic (exact) mass is 471 g/mol. The lowest BCUT2D eigenvalue weighted by atomic mass is 9.95. The summed E-state index contributed by atoms with van der Waals surface area (Å²) in [5.41, 5.74) is 5.32. The topological polar surface area (TPSA) is 128 Å². The number of nitrogens with two attached hydrogens (primary N) is 1. The van der Waals surface area contributed by atoms with Gasteiger partial charge < -0.3 is 16.4 Å². The molecule has 0 spiro atoms. The Kier molecular flexibility index (Phi) is 10.8. The first-order chi connectivity index (χ1) is 14.7. The molecule has 0 bridgehead atoms. The number of rotatable bonds is 7. The highest BCUT2D eigenvalue weighted by molar-refractivity contribution is 8.76. The first-order valence-corrected chi connectivity index (χ1v) is 13.6. The number of guanidine groups is 1. The van der Waals surface area contributed by atoms with E-state index in [1.54, 1.807) is 21.6 Å². The molecule has 0 amide bonds. The van der Waals surface area contributed by atoms with Gasteiger partial charge in [0.2, 0.25) is 11.6 Å². The van der Waals surface area contributed by atoms with Crippen LogP contribution in [0, 0.1) is 11.3 Å². The zero-order valence-electron chi connectivity index (χ0n) is 18.8. The van der Waals surface area contributed by atoms with Crippen LogP contribution >= 0.6 is 21.6 Å². The van der Waals surface area contributed by atoms with Gasteiger partial charge in [-0.1, -0.05) is 35.4 Å². The zero-order valence-corrected chi connectivity index (χ0v) is 20.4. The molecule has 4 atom stereocenters. The Hall–Kier alpha value is -1.10. The van der Waals surface area contributed by atoms with Crippen molar-refractivity contribution in [2.75, 3.05) is 24.6 Å². The first kappa shape index (κ1) is 26.2. The van der Waals surface area contributed by atoms with Crippen molar-refractivity contribution in [1.82, 2.24) is 15.5 Å². The first-order valence-electron chi connectivity index (χ1n) is 11.2. The lowest BCUT2D eigenvalue weighted by Crippen LogP contribution is -2.54. The van der Waals surface area contributed by atoms with Crippen LogP contribution in [0.4, 0.5) is 0 Å². The maximum atomic E-state index is 13.3. The van der Waals surface area contributed by atoms with Crippen molar-refractivity contribution in [2.45, 2.75) is 77.0 Å². The lowest BCUT2D eigenvalue weighted by Gasteiger charge is -2.33. The second kappa shape index (κ2) is 12.8. The van der Waals surface area contributed by atoms with Crippen molar-refractivity contribution in [3.63, 3.8) is 0 Å². The third-order valence-corrected chi connectivity index (χ3v) is 8.21. The summed E-state index contributed by atoms with van der Waals surface area (Å²) >= 11 is 0. The molecule has 2 aliphatic heterocycles. The maximum Gasteiger partial charge on any atom is 0.217 e. The van der Waals surface area contributed by atoms with Crippen LogP contribution in [-0.2, 0) is 14.4 Å². The molecule has 8 nitrogen and oxygen atoms in total. The zero-order chi connectivity index (χ0) is 23.0. The van der Waals surface area contributed by atoms with E-state index in [9.17, 15) is 14.4 Å². The summed E-state index contributed by atoms with van der Waals surface area (Å²) in [7, 11) is 3.39. The predicted molar refractivity (Wildman–Crippen MR) is 128 cm³/mol. The second-order valence-corrected chi connectivity index (χ2v) is 11.4. The van der Waals surface area contributed by atoms with E-state index in [0.717, 1.165) is 12.2 Å². The molecule has 0 aromatic rings. The molecule has 2 unspecified atom stereocenters. The van der Waals surface area contributed by atoms with Crippen LogP contribution in [0.15, 0.2) is 0 Å². The van der Waals surface area contributed by atoms with Gasteiger partial charge in [0.1, 0.15) is 0 Å². The summed E-state index contributed by atoms with van der Waals surface area (Å²) in [6.45, 7) is 7.24. The summed E-state index contributed by atoms with van der Waals surface area (Å²) in [6, 6.07) is -1.32. The predicted octanol–water partition coefficient (Wildman–Crippen LogP) is 1.58. The fourth-order valence-corrected chi connectivity index (χ4v) is 6.74. The molecule has 176 valence electrons. The minimum atomic E-state index is -0.562. The van der Waals surface area contributed by atoms with Crippen molar-refractivity contribution in [1.29, 1.82) is 5.41 Å². The van der Waals surface area contributed by atoms with Gasteiger partial charge in [0.15, 0.2) is 11.7 Å². The van der Waals surface area contributed by atoms with E-state index in [4.69, 9.17) is 11.1 Å². The Morgan fingerprint density at radius 3 is 2.68 bits per heavy atom. The normalized spacial score (nSPS) is 28.6. The smallest absolute Gasteiger partial charge is 0.217 e. The number of carbonyl (C=O) groups excluding carboxylic acids is 3. The van der Waals surface area contributed by atoms with Crippen molar-refractivity contribution in [2.24, 2.45) is 11.7 Å². The number of carbonyl (C=O) groups is 3. The van der Waals surface area contributed by atoms with Crippen LogP contribution in [-0.4, -0.2) is 77.0 Å². The van der Waals surface area contributed by atoms with E-state index in [0.29, 0.717) is 44.5 Å². The van der Waals surface area contributed by atoms with Crippen molar-refractivity contribution >= 4 is 44.9 Å². The Bertz CT molecular complexity index is 661. The molecule has 2 heterocycles. The van der Waals surface area contributed by atoms with Gasteiger partial charge in [0.05, 0.1) is 18.1 Å². The summed E-state index contributed by atoms with van der Waals surface area (Å²) in [6.07, 6.45) is 3.06. The molecule has 0 aliphatic carbocycles. The fourth-order valence-electron chi connectivity index (χ4n) is 4.17. The average molecular weight is 472 g/mol. The van der Waals surface area contributed by atoms with Crippen LogP contribution in [0.25, 0.3) is 0 Å². The molecule has 0 aromatic heterocycles. The Morgan fingerprint density at radius 2 is 2.00 bits per heavy atom. The summed E-state index contributed by atoms with van der Waals surface area (Å²) in [4.78, 5) is 41.5. The SMILES string of the molecule is CC(C)CC(=O)C1CSSCC(C)N[C@@H](CCCNC(=N)N)C(=O)C(=O)[C@H]2CCCN12. The third kappa shape index (κ3) is 8.07. The molecule has 2 fully saturated rings. The lowest BCUT2D eigenvalue weighted by molar-refractivity contribution is -0.141. The molecular weight excluding hydrogens is 434 g/mol. The largest absolute Gasteiger partial charge is 0.370 e. The molecule has 10 heteroatoms. The quantitative estimate of drug-likeness (QED) is 0.144. The van der Waals surface area contributed by atoms with Crippen LogP contribution in [0.3, 0.4) is 0 Å². The van der Waals surface area contributed by atoms with E-state index in [1.165, 1.54) is 0 Å². The number of ketones is 3. The molecule has 2 saturated heterocycles. The van der Waals surface area contributed by atoms with Crippen LogP contribution in [0.5, 0.6) is 0 Å². The maximum absolute atomic E-state index is 13.3. The Morgan fingerprint density at radius 1 is 1.29 bits per heavy atom. The fraction of sp³-hybridized carbons (Fsp3) is 0.810. The second-order valence-electron chi connectivity index (χ2n) is 8.88. The number of nitrogens with one attached hydrogen (secondary N) is 3. The number of hydrogen-bond acceptors (Lipinski definition) is 8. The van der Waals surface area contributed by atoms with Crippen molar-refractivity contribution < 1.29 is 14.4 Å².